The Balaban J connectivity index is 1.19. The van der Waals surface area contributed by atoms with Crippen LogP contribution in [0.1, 0.15) is 42.5 Å². The first-order valence-corrected chi connectivity index (χ1v) is 11.3. The molecule has 1 aromatic heterocycles. The SMILES string of the molecule is Cc1ccc(CN2CC[C@@H](Nc3cnc(/C=C/C(=O)NOC4CCCCO4)cn3)C2)cc1. The Morgan fingerprint density at radius 3 is 2.84 bits per heavy atom. The van der Waals surface area contributed by atoms with Crippen LogP contribution in [0.3, 0.4) is 0 Å². The zero-order chi connectivity index (χ0) is 22.2. The number of hydrogen-bond acceptors (Lipinski definition) is 7. The van der Waals surface area contributed by atoms with Crippen LogP contribution in [0.4, 0.5) is 5.82 Å². The molecule has 0 saturated carbocycles. The third kappa shape index (κ3) is 6.85. The molecule has 8 nitrogen and oxygen atoms in total. The van der Waals surface area contributed by atoms with Gasteiger partial charge in [0.25, 0.3) is 5.91 Å². The molecular weight excluding hydrogens is 406 g/mol. The highest BCUT2D eigenvalue weighted by molar-refractivity contribution is 5.90. The van der Waals surface area contributed by atoms with Crippen molar-refractivity contribution in [2.45, 2.75) is 51.5 Å². The van der Waals surface area contributed by atoms with Gasteiger partial charge in [0.1, 0.15) is 5.82 Å². The van der Waals surface area contributed by atoms with E-state index in [0.29, 0.717) is 18.3 Å². The van der Waals surface area contributed by atoms with Crippen LogP contribution in [0.2, 0.25) is 0 Å². The number of carbonyl (C=O) groups is 1. The summed E-state index contributed by atoms with van der Waals surface area (Å²) in [7, 11) is 0. The number of hydrogen-bond donors (Lipinski definition) is 2. The van der Waals surface area contributed by atoms with Gasteiger partial charge in [0.2, 0.25) is 0 Å². The summed E-state index contributed by atoms with van der Waals surface area (Å²) in [6, 6.07) is 9.07. The highest BCUT2D eigenvalue weighted by Crippen LogP contribution is 2.17. The van der Waals surface area contributed by atoms with Crippen molar-refractivity contribution in [1.29, 1.82) is 0 Å². The van der Waals surface area contributed by atoms with Crippen LogP contribution >= 0.6 is 0 Å². The van der Waals surface area contributed by atoms with Crippen LogP contribution in [0, 0.1) is 6.92 Å². The summed E-state index contributed by atoms with van der Waals surface area (Å²) < 4.78 is 5.41. The summed E-state index contributed by atoms with van der Waals surface area (Å²) in [6.45, 7) is 5.77. The van der Waals surface area contributed by atoms with Crippen LogP contribution < -0.4 is 10.8 Å². The number of hydroxylamine groups is 1. The van der Waals surface area contributed by atoms with Crippen molar-refractivity contribution < 1.29 is 14.4 Å². The van der Waals surface area contributed by atoms with Crippen LogP contribution in [0.5, 0.6) is 0 Å². The fourth-order valence-electron chi connectivity index (χ4n) is 3.88. The average molecular weight is 438 g/mol. The maximum Gasteiger partial charge on any atom is 0.267 e. The molecule has 2 fully saturated rings. The lowest BCUT2D eigenvalue weighted by Crippen LogP contribution is -2.32. The molecule has 3 heterocycles. The molecule has 170 valence electrons. The average Bonchev–Trinajstić information content (AvgIpc) is 3.26. The van der Waals surface area contributed by atoms with Crippen molar-refractivity contribution in [2.75, 3.05) is 25.0 Å². The summed E-state index contributed by atoms with van der Waals surface area (Å²) in [4.78, 5) is 28.4. The van der Waals surface area contributed by atoms with Gasteiger partial charge in [0.05, 0.1) is 18.1 Å². The van der Waals surface area contributed by atoms with E-state index in [-0.39, 0.29) is 12.2 Å². The summed E-state index contributed by atoms with van der Waals surface area (Å²) in [5.74, 6) is 0.384. The molecule has 2 aromatic rings. The number of aromatic nitrogens is 2. The molecule has 4 rings (SSSR count). The Hall–Kier alpha value is -2.81. The molecule has 2 aliphatic heterocycles. The number of likely N-dealkylation sites (tertiary alicyclic amines) is 1. The lowest BCUT2D eigenvalue weighted by molar-refractivity contribution is -0.198. The van der Waals surface area contributed by atoms with E-state index in [0.717, 1.165) is 51.1 Å². The summed E-state index contributed by atoms with van der Waals surface area (Å²) in [5.41, 5.74) is 5.62. The number of aryl methyl sites for hydroxylation is 1. The number of benzene rings is 1. The normalized spacial score (nSPS) is 21.7. The molecule has 2 aliphatic rings. The van der Waals surface area contributed by atoms with Gasteiger partial charge in [0.15, 0.2) is 6.29 Å². The number of rotatable bonds is 8. The van der Waals surface area contributed by atoms with E-state index in [1.54, 1.807) is 18.5 Å². The van der Waals surface area contributed by atoms with E-state index in [9.17, 15) is 4.79 Å². The Bertz CT molecular complexity index is 895. The maximum absolute atomic E-state index is 11.9. The predicted molar refractivity (Wildman–Crippen MR) is 122 cm³/mol. The molecule has 2 N–H and O–H groups in total. The molecule has 2 atom stereocenters. The zero-order valence-electron chi connectivity index (χ0n) is 18.5. The highest BCUT2D eigenvalue weighted by Gasteiger charge is 2.22. The van der Waals surface area contributed by atoms with Gasteiger partial charge in [-0.05, 0) is 37.8 Å². The van der Waals surface area contributed by atoms with Gasteiger partial charge >= 0.3 is 0 Å². The largest absolute Gasteiger partial charge is 0.365 e. The fraction of sp³-hybridized carbons (Fsp3) is 0.458. The molecule has 1 aromatic carbocycles. The monoisotopic (exact) mass is 437 g/mol. The van der Waals surface area contributed by atoms with Crippen molar-refractivity contribution in [3.05, 3.63) is 59.6 Å². The van der Waals surface area contributed by atoms with E-state index in [4.69, 9.17) is 9.57 Å². The minimum Gasteiger partial charge on any atom is -0.365 e. The number of amides is 1. The fourth-order valence-corrected chi connectivity index (χ4v) is 3.88. The van der Waals surface area contributed by atoms with E-state index in [2.05, 4.69) is 56.9 Å². The van der Waals surface area contributed by atoms with Crippen molar-refractivity contribution in [3.8, 4) is 0 Å². The van der Waals surface area contributed by atoms with Gasteiger partial charge in [-0.25, -0.2) is 15.3 Å². The predicted octanol–water partition coefficient (Wildman–Crippen LogP) is 3.06. The second-order valence-electron chi connectivity index (χ2n) is 8.39. The number of carbonyl (C=O) groups excluding carboxylic acids is 1. The third-order valence-electron chi connectivity index (χ3n) is 5.66. The van der Waals surface area contributed by atoms with Crippen LogP contribution in [0.25, 0.3) is 6.08 Å². The minimum atomic E-state index is -0.366. The quantitative estimate of drug-likeness (QED) is 0.485. The maximum atomic E-state index is 11.9. The van der Waals surface area contributed by atoms with E-state index >= 15 is 0 Å². The molecule has 2 saturated heterocycles. The molecule has 8 heteroatoms. The number of anilines is 1. The second-order valence-corrected chi connectivity index (χ2v) is 8.39. The molecule has 0 bridgehead atoms. The van der Waals surface area contributed by atoms with Crippen molar-refractivity contribution in [3.63, 3.8) is 0 Å². The van der Waals surface area contributed by atoms with Crippen LogP contribution in [-0.2, 0) is 20.9 Å². The van der Waals surface area contributed by atoms with Crippen molar-refractivity contribution in [1.82, 2.24) is 20.3 Å². The highest BCUT2D eigenvalue weighted by atomic mass is 16.8. The minimum absolute atomic E-state index is 0.348. The van der Waals surface area contributed by atoms with Gasteiger partial charge in [-0.15, -0.1) is 0 Å². The first-order valence-electron chi connectivity index (χ1n) is 11.3. The Kier molecular flexibility index (Phi) is 7.82. The molecular formula is C24H31N5O3. The standard InChI is InChI=1S/C24H31N5O3/c1-18-5-7-19(8-6-18)16-29-12-11-21(17-29)27-22-15-25-20(14-26-22)9-10-23(30)28-32-24-4-2-3-13-31-24/h5-10,14-15,21,24H,2-4,11-13,16-17H2,1H3,(H,26,27)(H,28,30)/b10-9+/t21-,24?/m1/s1. The van der Waals surface area contributed by atoms with Gasteiger partial charge in [-0.3, -0.25) is 14.7 Å². The van der Waals surface area contributed by atoms with E-state index in [1.165, 1.54) is 17.2 Å². The molecule has 1 amide bonds. The molecule has 1 unspecified atom stereocenters. The van der Waals surface area contributed by atoms with Gasteiger partial charge in [-0.1, -0.05) is 29.8 Å². The zero-order valence-corrected chi connectivity index (χ0v) is 18.5. The van der Waals surface area contributed by atoms with Crippen LogP contribution in [-0.4, -0.2) is 52.8 Å². The first kappa shape index (κ1) is 22.4. The van der Waals surface area contributed by atoms with Gasteiger partial charge in [0, 0.05) is 44.8 Å². The summed E-state index contributed by atoms with van der Waals surface area (Å²) >= 11 is 0. The van der Waals surface area contributed by atoms with E-state index < -0.39 is 0 Å². The second kappa shape index (κ2) is 11.2. The topological polar surface area (TPSA) is 88.6 Å². The Morgan fingerprint density at radius 1 is 1.22 bits per heavy atom. The third-order valence-corrected chi connectivity index (χ3v) is 5.66. The molecule has 0 spiro atoms. The lowest BCUT2D eigenvalue weighted by atomic mass is 10.1. The lowest BCUT2D eigenvalue weighted by Gasteiger charge is -2.21. The van der Waals surface area contributed by atoms with Crippen molar-refractivity contribution in [2.24, 2.45) is 0 Å². The Labute approximate surface area is 189 Å². The molecule has 0 aliphatic carbocycles. The van der Waals surface area contributed by atoms with Crippen molar-refractivity contribution >= 4 is 17.8 Å². The van der Waals surface area contributed by atoms with Gasteiger partial charge < -0.3 is 10.1 Å². The summed E-state index contributed by atoms with van der Waals surface area (Å²) in [5, 5.41) is 3.46. The Morgan fingerprint density at radius 2 is 2.09 bits per heavy atom. The van der Waals surface area contributed by atoms with Gasteiger partial charge in [-0.2, -0.15) is 0 Å². The van der Waals surface area contributed by atoms with E-state index in [1.807, 2.05) is 0 Å². The number of nitrogens with one attached hydrogen (secondary N) is 2. The molecule has 0 radical (unpaired) electrons. The summed E-state index contributed by atoms with van der Waals surface area (Å²) in [6.07, 6.45) is 9.89. The first-order chi connectivity index (χ1) is 15.6. The van der Waals surface area contributed by atoms with Crippen LogP contribution in [0.15, 0.2) is 42.7 Å². The number of ether oxygens (including phenoxy) is 1. The smallest absolute Gasteiger partial charge is 0.267 e. The molecule has 32 heavy (non-hydrogen) atoms. The number of nitrogens with zero attached hydrogens (tertiary/aromatic N) is 3.